The number of nitrogens with one attached hydrogen (secondary N) is 2. The fraction of sp³-hybridized carbons (Fsp3) is 0.550. The molecule has 0 saturated heterocycles. The lowest BCUT2D eigenvalue weighted by molar-refractivity contribution is 0.185. The first-order valence-corrected chi connectivity index (χ1v) is 9.58. The van der Waals surface area contributed by atoms with Gasteiger partial charge in [0.15, 0.2) is 5.96 Å². The van der Waals surface area contributed by atoms with E-state index in [9.17, 15) is 0 Å². The fourth-order valence-corrected chi connectivity index (χ4v) is 2.79. The van der Waals surface area contributed by atoms with Crippen molar-refractivity contribution in [1.82, 2.24) is 25.4 Å². The third-order valence-corrected chi connectivity index (χ3v) is 4.05. The summed E-state index contributed by atoms with van der Waals surface area (Å²) in [6, 6.07) is 5.92. The number of ether oxygens (including phenoxy) is 1. The van der Waals surface area contributed by atoms with Crippen LogP contribution in [-0.2, 0) is 20.1 Å². The molecule has 2 aromatic rings. The first-order valence-electron chi connectivity index (χ1n) is 9.58. The van der Waals surface area contributed by atoms with Crippen molar-refractivity contribution in [2.24, 2.45) is 18.0 Å². The summed E-state index contributed by atoms with van der Waals surface area (Å²) in [6.45, 7) is 10.5. The Hall–Kier alpha value is -2.57. The summed E-state index contributed by atoms with van der Waals surface area (Å²) < 4.78 is 7.78. The molecule has 1 unspecified atom stereocenters. The Morgan fingerprint density at radius 2 is 2.04 bits per heavy atom. The van der Waals surface area contributed by atoms with Crippen molar-refractivity contribution >= 4 is 5.96 Å². The number of pyridine rings is 1. The highest BCUT2D eigenvalue weighted by Crippen LogP contribution is 2.15. The quantitative estimate of drug-likeness (QED) is 0.523. The molecule has 0 fully saturated rings. The molecule has 0 aliphatic heterocycles. The molecule has 1 atom stereocenters. The molecule has 2 aromatic heterocycles. The van der Waals surface area contributed by atoms with E-state index in [1.54, 1.807) is 12.4 Å². The molecular weight excluding hydrogens is 340 g/mol. The second-order valence-electron chi connectivity index (χ2n) is 7.06. The number of aryl methyl sites for hydroxylation is 1. The molecule has 7 heteroatoms. The topological polar surface area (TPSA) is 76.4 Å². The van der Waals surface area contributed by atoms with Crippen LogP contribution in [0.4, 0.5) is 0 Å². The second-order valence-corrected chi connectivity index (χ2v) is 7.06. The lowest BCUT2D eigenvalue weighted by Gasteiger charge is -2.16. The molecule has 0 radical (unpaired) electrons. The minimum atomic E-state index is 0.147. The lowest BCUT2D eigenvalue weighted by Crippen LogP contribution is -2.37. The third kappa shape index (κ3) is 7.29. The number of nitrogens with zero attached hydrogens (tertiary/aromatic N) is 4. The van der Waals surface area contributed by atoms with E-state index in [0.29, 0.717) is 24.9 Å². The molecule has 0 aromatic carbocycles. The lowest BCUT2D eigenvalue weighted by atomic mass is 10.1. The molecular formula is C20H32N6O. The Balaban J connectivity index is 1.96. The first-order chi connectivity index (χ1) is 13.0. The van der Waals surface area contributed by atoms with Gasteiger partial charge < -0.3 is 15.4 Å². The summed E-state index contributed by atoms with van der Waals surface area (Å²) in [5.74, 6) is 2.02. The average molecular weight is 373 g/mol. The maximum atomic E-state index is 5.93. The van der Waals surface area contributed by atoms with Gasteiger partial charge in [-0.2, -0.15) is 5.10 Å². The summed E-state index contributed by atoms with van der Waals surface area (Å²) in [7, 11) is 1.93. The standard InChI is InChI=1S/C20H32N6O/c1-6-21-20(24-14-18-8-10-25-26(18)5)23-13-17-7-9-22-19(12-17)27-16(4)11-15(2)3/h7-10,12,15-16H,6,11,13-14H2,1-5H3,(H2,21,23,24). The number of rotatable bonds is 9. The highest BCUT2D eigenvalue weighted by atomic mass is 16.5. The number of aromatic nitrogens is 3. The van der Waals surface area contributed by atoms with Crippen molar-refractivity contribution in [3.05, 3.63) is 41.9 Å². The van der Waals surface area contributed by atoms with Gasteiger partial charge in [0.25, 0.3) is 0 Å². The highest BCUT2D eigenvalue weighted by molar-refractivity contribution is 5.79. The number of hydrogen-bond acceptors (Lipinski definition) is 4. The highest BCUT2D eigenvalue weighted by Gasteiger charge is 2.08. The third-order valence-electron chi connectivity index (χ3n) is 4.05. The van der Waals surface area contributed by atoms with E-state index in [0.717, 1.165) is 30.2 Å². The molecule has 7 nitrogen and oxygen atoms in total. The molecule has 2 rings (SSSR count). The summed E-state index contributed by atoms with van der Waals surface area (Å²) >= 11 is 0. The van der Waals surface area contributed by atoms with Gasteiger partial charge in [0.2, 0.25) is 5.88 Å². The molecule has 27 heavy (non-hydrogen) atoms. The molecule has 2 N–H and O–H groups in total. The van der Waals surface area contributed by atoms with E-state index < -0.39 is 0 Å². The zero-order valence-electron chi connectivity index (χ0n) is 17.1. The van der Waals surface area contributed by atoms with Crippen LogP contribution in [0.1, 0.15) is 45.4 Å². The van der Waals surface area contributed by atoms with Gasteiger partial charge in [-0.1, -0.05) is 13.8 Å². The summed E-state index contributed by atoms with van der Waals surface area (Å²) in [5.41, 5.74) is 2.16. The first kappa shape index (κ1) is 20.7. The minimum Gasteiger partial charge on any atom is -0.475 e. The molecule has 148 valence electrons. The van der Waals surface area contributed by atoms with Crippen LogP contribution < -0.4 is 15.4 Å². The van der Waals surface area contributed by atoms with Crippen LogP contribution in [0.3, 0.4) is 0 Å². The van der Waals surface area contributed by atoms with Crippen molar-refractivity contribution in [3.8, 4) is 5.88 Å². The van der Waals surface area contributed by atoms with Crippen LogP contribution in [0.2, 0.25) is 0 Å². The Morgan fingerprint density at radius 3 is 2.70 bits per heavy atom. The summed E-state index contributed by atoms with van der Waals surface area (Å²) in [5, 5.41) is 10.8. The van der Waals surface area contributed by atoms with Crippen LogP contribution in [0.25, 0.3) is 0 Å². The van der Waals surface area contributed by atoms with Gasteiger partial charge in [-0.05, 0) is 43.9 Å². The largest absolute Gasteiger partial charge is 0.475 e. The van der Waals surface area contributed by atoms with Crippen LogP contribution in [-0.4, -0.2) is 33.4 Å². The maximum absolute atomic E-state index is 5.93. The molecule has 0 aliphatic carbocycles. The van der Waals surface area contributed by atoms with Crippen LogP contribution in [0.5, 0.6) is 5.88 Å². The molecule has 0 amide bonds. The minimum absolute atomic E-state index is 0.147. The van der Waals surface area contributed by atoms with E-state index in [1.807, 2.05) is 29.9 Å². The van der Waals surface area contributed by atoms with Gasteiger partial charge in [-0.25, -0.2) is 9.98 Å². The SMILES string of the molecule is CCNC(=NCc1ccnc(OC(C)CC(C)C)c1)NCc1ccnn1C. The second kappa shape index (κ2) is 10.5. The average Bonchev–Trinajstić information content (AvgIpc) is 3.02. The Bertz CT molecular complexity index is 725. The fourth-order valence-electron chi connectivity index (χ4n) is 2.79. The summed E-state index contributed by atoms with van der Waals surface area (Å²) in [4.78, 5) is 8.98. The van der Waals surface area contributed by atoms with Crippen molar-refractivity contribution in [2.75, 3.05) is 6.54 Å². The predicted octanol–water partition coefficient (Wildman–Crippen LogP) is 2.88. The van der Waals surface area contributed by atoms with Crippen LogP contribution in [0, 0.1) is 5.92 Å². The van der Waals surface area contributed by atoms with E-state index in [4.69, 9.17) is 4.74 Å². The van der Waals surface area contributed by atoms with Gasteiger partial charge in [0.1, 0.15) is 0 Å². The van der Waals surface area contributed by atoms with Crippen molar-refractivity contribution in [3.63, 3.8) is 0 Å². The number of aliphatic imine (C=N–C) groups is 1. The molecule has 0 spiro atoms. The van der Waals surface area contributed by atoms with Gasteiger partial charge in [-0.3, -0.25) is 4.68 Å². The summed E-state index contributed by atoms with van der Waals surface area (Å²) in [6.07, 6.45) is 4.72. The zero-order valence-corrected chi connectivity index (χ0v) is 17.1. The van der Waals surface area contributed by atoms with E-state index in [1.165, 1.54) is 0 Å². The van der Waals surface area contributed by atoms with Gasteiger partial charge >= 0.3 is 0 Å². The normalized spacial score (nSPS) is 12.9. The predicted molar refractivity (Wildman–Crippen MR) is 109 cm³/mol. The molecule has 0 bridgehead atoms. The molecule has 0 saturated carbocycles. The van der Waals surface area contributed by atoms with E-state index in [2.05, 4.69) is 53.4 Å². The van der Waals surface area contributed by atoms with E-state index in [-0.39, 0.29) is 6.10 Å². The zero-order chi connectivity index (χ0) is 19.6. The Labute approximate surface area is 162 Å². The molecule has 0 aliphatic rings. The Kier molecular flexibility index (Phi) is 8.10. The molecule has 2 heterocycles. The Morgan fingerprint density at radius 1 is 1.22 bits per heavy atom. The van der Waals surface area contributed by atoms with Crippen molar-refractivity contribution < 1.29 is 4.74 Å². The monoisotopic (exact) mass is 372 g/mol. The van der Waals surface area contributed by atoms with Gasteiger partial charge in [0, 0.05) is 32.1 Å². The van der Waals surface area contributed by atoms with Crippen LogP contribution in [0.15, 0.2) is 35.6 Å². The van der Waals surface area contributed by atoms with Crippen molar-refractivity contribution in [2.45, 2.75) is 53.3 Å². The maximum Gasteiger partial charge on any atom is 0.213 e. The van der Waals surface area contributed by atoms with Crippen LogP contribution >= 0.6 is 0 Å². The van der Waals surface area contributed by atoms with Gasteiger partial charge in [0.05, 0.1) is 24.9 Å². The van der Waals surface area contributed by atoms with Gasteiger partial charge in [-0.15, -0.1) is 0 Å². The number of guanidine groups is 1. The van der Waals surface area contributed by atoms with E-state index >= 15 is 0 Å². The smallest absolute Gasteiger partial charge is 0.213 e. The number of hydrogen-bond donors (Lipinski definition) is 2. The van der Waals surface area contributed by atoms with Crippen molar-refractivity contribution in [1.29, 1.82) is 0 Å².